The van der Waals surface area contributed by atoms with Gasteiger partial charge < -0.3 is 10.1 Å². The van der Waals surface area contributed by atoms with E-state index in [0.29, 0.717) is 19.6 Å². The number of imide groups is 1. The van der Waals surface area contributed by atoms with Crippen LogP contribution in [-0.2, 0) is 9.53 Å². The van der Waals surface area contributed by atoms with E-state index in [1.807, 2.05) is 13.8 Å². The molecule has 2 heterocycles. The van der Waals surface area contributed by atoms with Crippen molar-refractivity contribution in [2.45, 2.75) is 44.7 Å². The molecule has 0 aromatic rings. The zero-order chi connectivity index (χ0) is 15.0. The molecular weight excluding hydrogens is 270 g/mol. The van der Waals surface area contributed by atoms with Gasteiger partial charge in [0.25, 0.3) is 5.91 Å². The van der Waals surface area contributed by atoms with Gasteiger partial charge in [-0.3, -0.25) is 14.6 Å². The van der Waals surface area contributed by atoms with E-state index in [0.717, 1.165) is 25.6 Å². The Balaban J connectivity index is 1.50. The molecule has 3 amide bonds. The minimum atomic E-state index is -0.697. The van der Waals surface area contributed by atoms with Crippen LogP contribution >= 0.6 is 0 Å². The Labute approximate surface area is 125 Å². The van der Waals surface area contributed by atoms with E-state index in [-0.39, 0.29) is 18.0 Å². The summed E-state index contributed by atoms with van der Waals surface area (Å²) in [6.07, 6.45) is 3.31. The first-order chi connectivity index (χ1) is 10.0. The third-order valence-electron chi connectivity index (χ3n) is 4.66. The van der Waals surface area contributed by atoms with Crippen LogP contribution in [0.1, 0.15) is 33.1 Å². The Hall–Kier alpha value is -1.14. The zero-order valence-electron chi connectivity index (χ0n) is 12.9. The standard InChI is InChI=1S/C15H25N3O3/c1-11(2)18-13(19)15(16-14(18)20)5-6-17(10-15)7-8-21-9-12-3-4-12/h11-12H,3-10H2,1-2H3,(H,16,20). The summed E-state index contributed by atoms with van der Waals surface area (Å²) in [6.45, 7) is 7.60. The smallest absolute Gasteiger partial charge is 0.325 e. The quantitative estimate of drug-likeness (QED) is 0.582. The average molecular weight is 295 g/mol. The van der Waals surface area contributed by atoms with E-state index < -0.39 is 5.54 Å². The summed E-state index contributed by atoms with van der Waals surface area (Å²) in [4.78, 5) is 28.1. The maximum absolute atomic E-state index is 12.5. The normalized spacial score (nSPS) is 30.0. The molecule has 6 nitrogen and oxygen atoms in total. The molecule has 3 rings (SSSR count). The predicted octanol–water partition coefficient (Wildman–Crippen LogP) is 0.818. The van der Waals surface area contributed by atoms with Crippen LogP contribution in [0.3, 0.4) is 0 Å². The van der Waals surface area contributed by atoms with Crippen molar-refractivity contribution >= 4 is 11.9 Å². The molecule has 2 saturated heterocycles. The minimum absolute atomic E-state index is 0.0658. The molecule has 1 aliphatic carbocycles. The second-order valence-corrected chi connectivity index (χ2v) is 6.83. The summed E-state index contributed by atoms with van der Waals surface area (Å²) in [5, 5.41) is 2.91. The summed E-state index contributed by atoms with van der Waals surface area (Å²) >= 11 is 0. The van der Waals surface area contributed by atoms with E-state index in [4.69, 9.17) is 4.74 Å². The molecule has 21 heavy (non-hydrogen) atoms. The molecule has 0 bridgehead atoms. The number of likely N-dealkylation sites (tertiary alicyclic amines) is 1. The maximum atomic E-state index is 12.5. The van der Waals surface area contributed by atoms with E-state index >= 15 is 0 Å². The fraction of sp³-hybridized carbons (Fsp3) is 0.867. The molecule has 6 heteroatoms. The van der Waals surface area contributed by atoms with Crippen LogP contribution in [0.25, 0.3) is 0 Å². The summed E-state index contributed by atoms with van der Waals surface area (Å²) in [7, 11) is 0. The Morgan fingerprint density at radius 2 is 2.14 bits per heavy atom. The average Bonchev–Trinajstić information content (AvgIpc) is 3.10. The van der Waals surface area contributed by atoms with Gasteiger partial charge in [-0.1, -0.05) is 0 Å². The first-order valence-electron chi connectivity index (χ1n) is 7.98. The number of urea groups is 1. The lowest BCUT2D eigenvalue weighted by atomic mass is 9.99. The summed E-state index contributed by atoms with van der Waals surface area (Å²) in [5.41, 5.74) is -0.697. The second-order valence-electron chi connectivity index (χ2n) is 6.83. The fourth-order valence-electron chi connectivity index (χ4n) is 3.19. The van der Waals surface area contributed by atoms with Crippen molar-refractivity contribution < 1.29 is 14.3 Å². The first kappa shape index (κ1) is 14.8. The van der Waals surface area contributed by atoms with Crippen molar-refractivity contribution in [2.75, 3.05) is 32.8 Å². The van der Waals surface area contributed by atoms with Crippen LogP contribution in [0.4, 0.5) is 4.79 Å². The maximum Gasteiger partial charge on any atom is 0.325 e. The number of carbonyl (C=O) groups excluding carboxylic acids is 2. The van der Waals surface area contributed by atoms with Crippen molar-refractivity contribution in [1.29, 1.82) is 0 Å². The van der Waals surface area contributed by atoms with Gasteiger partial charge in [0.05, 0.1) is 6.61 Å². The van der Waals surface area contributed by atoms with E-state index in [9.17, 15) is 9.59 Å². The van der Waals surface area contributed by atoms with E-state index in [1.54, 1.807) is 0 Å². The summed E-state index contributed by atoms with van der Waals surface area (Å²) < 4.78 is 5.65. The lowest BCUT2D eigenvalue weighted by Gasteiger charge is -2.23. The zero-order valence-corrected chi connectivity index (χ0v) is 12.9. The molecular formula is C15H25N3O3. The van der Waals surface area contributed by atoms with Gasteiger partial charge in [0, 0.05) is 32.3 Å². The largest absolute Gasteiger partial charge is 0.380 e. The number of nitrogens with one attached hydrogen (secondary N) is 1. The highest BCUT2D eigenvalue weighted by molar-refractivity contribution is 6.07. The molecule has 118 valence electrons. The van der Waals surface area contributed by atoms with Crippen LogP contribution in [0.15, 0.2) is 0 Å². The number of hydrogen-bond donors (Lipinski definition) is 1. The number of carbonyl (C=O) groups is 2. The van der Waals surface area contributed by atoms with Gasteiger partial charge in [-0.2, -0.15) is 0 Å². The number of ether oxygens (including phenoxy) is 1. The number of rotatable bonds is 6. The van der Waals surface area contributed by atoms with Crippen LogP contribution in [0.5, 0.6) is 0 Å². The van der Waals surface area contributed by atoms with Crippen LogP contribution in [-0.4, -0.2) is 66.2 Å². The topological polar surface area (TPSA) is 61.9 Å². The van der Waals surface area contributed by atoms with Gasteiger partial charge in [-0.25, -0.2) is 4.79 Å². The molecule has 1 spiro atoms. The number of nitrogens with zero attached hydrogens (tertiary/aromatic N) is 2. The van der Waals surface area contributed by atoms with Crippen molar-refractivity contribution in [3.05, 3.63) is 0 Å². The minimum Gasteiger partial charge on any atom is -0.380 e. The summed E-state index contributed by atoms with van der Waals surface area (Å²) in [5.74, 6) is 0.717. The lowest BCUT2D eigenvalue weighted by Crippen LogP contribution is -2.49. The van der Waals surface area contributed by atoms with Crippen molar-refractivity contribution in [3.63, 3.8) is 0 Å². The molecule has 0 aromatic carbocycles. The van der Waals surface area contributed by atoms with E-state index in [2.05, 4.69) is 10.2 Å². The van der Waals surface area contributed by atoms with Crippen molar-refractivity contribution in [1.82, 2.24) is 15.1 Å². The van der Waals surface area contributed by atoms with Crippen LogP contribution < -0.4 is 5.32 Å². The van der Waals surface area contributed by atoms with Crippen molar-refractivity contribution in [2.24, 2.45) is 5.92 Å². The highest BCUT2D eigenvalue weighted by Crippen LogP contribution is 2.30. The van der Waals surface area contributed by atoms with Crippen LogP contribution in [0, 0.1) is 5.92 Å². The second kappa shape index (κ2) is 5.57. The van der Waals surface area contributed by atoms with Gasteiger partial charge in [0.1, 0.15) is 5.54 Å². The third kappa shape index (κ3) is 2.92. The van der Waals surface area contributed by atoms with Crippen molar-refractivity contribution in [3.8, 4) is 0 Å². The van der Waals surface area contributed by atoms with Crippen LogP contribution in [0.2, 0.25) is 0 Å². The highest BCUT2D eigenvalue weighted by Gasteiger charge is 2.55. The molecule has 0 radical (unpaired) electrons. The molecule has 1 N–H and O–H groups in total. The highest BCUT2D eigenvalue weighted by atomic mass is 16.5. The third-order valence-corrected chi connectivity index (χ3v) is 4.66. The van der Waals surface area contributed by atoms with Gasteiger partial charge >= 0.3 is 6.03 Å². The van der Waals surface area contributed by atoms with Gasteiger partial charge in [0.15, 0.2) is 0 Å². The van der Waals surface area contributed by atoms with Gasteiger partial charge in [0.2, 0.25) is 0 Å². The monoisotopic (exact) mass is 295 g/mol. The van der Waals surface area contributed by atoms with Gasteiger partial charge in [-0.15, -0.1) is 0 Å². The Bertz CT molecular complexity index is 436. The number of hydrogen-bond acceptors (Lipinski definition) is 4. The molecule has 0 aromatic heterocycles. The SMILES string of the molecule is CC(C)N1C(=O)NC2(CCN(CCOCC3CC3)C2)C1=O. The summed E-state index contributed by atoms with van der Waals surface area (Å²) in [6, 6.07) is -0.338. The predicted molar refractivity (Wildman–Crippen MR) is 77.8 cm³/mol. The molecule has 1 atom stereocenters. The molecule has 3 fully saturated rings. The van der Waals surface area contributed by atoms with E-state index in [1.165, 1.54) is 17.7 Å². The Morgan fingerprint density at radius 1 is 1.38 bits per heavy atom. The Kier molecular flexibility index (Phi) is 3.92. The first-order valence-corrected chi connectivity index (χ1v) is 7.98. The molecule has 1 saturated carbocycles. The molecule has 2 aliphatic heterocycles. The molecule has 3 aliphatic rings. The number of amides is 3. The molecule has 1 unspecified atom stereocenters. The lowest BCUT2D eigenvalue weighted by molar-refractivity contribution is -0.132. The van der Waals surface area contributed by atoms with Gasteiger partial charge in [-0.05, 0) is 39.0 Å². The fourth-order valence-corrected chi connectivity index (χ4v) is 3.19. The Morgan fingerprint density at radius 3 is 2.76 bits per heavy atom.